The molecule has 2 heterocycles. The second kappa shape index (κ2) is 6.70. The molecule has 1 aliphatic rings. The Morgan fingerprint density at radius 2 is 2.06 bits per heavy atom. The second-order valence-electron chi connectivity index (χ2n) is 5.14. The molecule has 1 aromatic rings. The average molecular weight is 252 g/mol. The van der Waals surface area contributed by atoms with Gasteiger partial charge in [-0.2, -0.15) is 4.98 Å². The van der Waals surface area contributed by atoms with E-state index in [1.807, 2.05) is 0 Å². The first-order valence-corrected chi connectivity index (χ1v) is 6.86. The molecule has 0 aromatic carbocycles. The summed E-state index contributed by atoms with van der Waals surface area (Å²) in [7, 11) is 0. The molecular formula is C12H24N6. The molecule has 0 amide bonds. The van der Waals surface area contributed by atoms with Crippen LogP contribution in [-0.2, 0) is 6.54 Å². The number of nitrogens with one attached hydrogen (secondary N) is 2. The van der Waals surface area contributed by atoms with Crippen molar-refractivity contribution in [1.82, 2.24) is 25.4 Å². The van der Waals surface area contributed by atoms with Crippen LogP contribution in [0.25, 0.3) is 0 Å². The van der Waals surface area contributed by atoms with E-state index >= 15 is 0 Å². The Morgan fingerprint density at radius 3 is 2.67 bits per heavy atom. The summed E-state index contributed by atoms with van der Waals surface area (Å²) in [5, 5.41) is 10.1. The van der Waals surface area contributed by atoms with Gasteiger partial charge in [0.2, 0.25) is 5.95 Å². The molecule has 18 heavy (non-hydrogen) atoms. The van der Waals surface area contributed by atoms with Gasteiger partial charge in [0.25, 0.3) is 0 Å². The fraction of sp³-hybridized carbons (Fsp3) is 0.833. The first-order chi connectivity index (χ1) is 8.74. The zero-order chi connectivity index (χ0) is 12.8. The third kappa shape index (κ3) is 4.27. The summed E-state index contributed by atoms with van der Waals surface area (Å²) in [5.41, 5.74) is 5.46. The van der Waals surface area contributed by atoms with Gasteiger partial charge in [-0.3, -0.25) is 5.10 Å². The highest BCUT2D eigenvalue weighted by atomic mass is 15.3. The summed E-state index contributed by atoms with van der Waals surface area (Å²) in [6.45, 7) is 6.48. The van der Waals surface area contributed by atoms with Crippen LogP contribution >= 0.6 is 0 Å². The molecular weight excluding hydrogens is 228 g/mol. The number of H-pyrrole nitrogens is 1. The molecule has 0 aliphatic carbocycles. The number of aromatic amines is 1. The number of likely N-dealkylation sites (tertiary alicyclic amines) is 1. The van der Waals surface area contributed by atoms with Crippen molar-refractivity contribution in [2.45, 2.75) is 45.2 Å². The molecule has 2 rings (SSSR count). The molecule has 0 radical (unpaired) electrons. The number of hydrogen-bond donors (Lipinski definition) is 3. The van der Waals surface area contributed by atoms with E-state index < -0.39 is 0 Å². The van der Waals surface area contributed by atoms with E-state index in [9.17, 15) is 0 Å². The summed E-state index contributed by atoms with van der Waals surface area (Å²) in [6, 6.07) is 0.453. The van der Waals surface area contributed by atoms with Gasteiger partial charge in [0.1, 0.15) is 5.82 Å². The number of anilines is 1. The maximum absolute atomic E-state index is 5.46. The monoisotopic (exact) mass is 252 g/mol. The Labute approximate surface area is 108 Å². The predicted molar refractivity (Wildman–Crippen MR) is 72.0 cm³/mol. The summed E-state index contributed by atoms with van der Waals surface area (Å²) >= 11 is 0. The van der Waals surface area contributed by atoms with Gasteiger partial charge >= 0.3 is 0 Å². The third-order valence-corrected chi connectivity index (χ3v) is 3.40. The Balaban J connectivity index is 1.69. The molecule has 0 spiro atoms. The first-order valence-electron chi connectivity index (χ1n) is 6.86. The van der Waals surface area contributed by atoms with Gasteiger partial charge in [0.15, 0.2) is 0 Å². The van der Waals surface area contributed by atoms with Crippen LogP contribution in [0.15, 0.2) is 0 Å². The van der Waals surface area contributed by atoms with Crippen molar-refractivity contribution in [3.63, 3.8) is 0 Å². The molecule has 1 unspecified atom stereocenters. The minimum absolute atomic E-state index is 0.312. The Bertz CT molecular complexity index is 342. The molecule has 1 atom stereocenters. The van der Waals surface area contributed by atoms with Crippen LogP contribution in [0.2, 0.25) is 0 Å². The van der Waals surface area contributed by atoms with Crippen molar-refractivity contribution in [1.29, 1.82) is 0 Å². The smallest absolute Gasteiger partial charge is 0.239 e. The summed E-state index contributed by atoms with van der Waals surface area (Å²) in [4.78, 5) is 6.63. The molecule has 4 N–H and O–H groups in total. The summed E-state index contributed by atoms with van der Waals surface area (Å²) in [5.74, 6) is 1.11. The lowest BCUT2D eigenvalue weighted by Gasteiger charge is -2.24. The van der Waals surface area contributed by atoms with E-state index in [1.54, 1.807) is 0 Å². The van der Waals surface area contributed by atoms with E-state index in [-0.39, 0.29) is 0 Å². The molecule has 1 fully saturated rings. The number of aromatic nitrogens is 3. The highest BCUT2D eigenvalue weighted by Gasteiger charge is 2.12. The van der Waals surface area contributed by atoms with Crippen molar-refractivity contribution < 1.29 is 0 Å². The van der Waals surface area contributed by atoms with E-state index in [0.29, 0.717) is 18.5 Å². The molecule has 1 aliphatic heterocycles. The van der Waals surface area contributed by atoms with Gasteiger partial charge in [-0.1, -0.05) is 12.8 Å². The highest BCUT2D eigenvalue weighted by Crippen LogP contribution is 2.09. The number of nitrogens with zero attached hydrogens (tertiary/aromatic N) is 3. The molecule has 1 aromatic heterocycles. The lowest BCUT2D eigenvalue weighted by Crippen LogP contribution is -2.39. The van der Waals surface area contributed by atoms with Gasteiger partial charge < -0.3 is 16.0 Å². The van der Waals surface area contributed by atoms with E-state index in [1.165, 1.54) is 38.8 Å². The summed E-state index contributed by atoms with van der Waals surface area (Å²) in [6.07, 6.45) is 5.45. The van der Waals surface area contributed by atoms with Crippen LogP contribution in [0.3, 0.4) is 0 Å². The predicted octanol–water partition coefficient (Wildman–Crippen LogP) is 0.741. The average Bonchev–Trinajstić information content (AvgIpc) is 2.60. The van der Waals surface area contributed by atoms with E-state index in [2.05, 4.69) is 32.3 Å². The third-order valence-electron chi connectivity index (χ3n) is 3.40. The number of rotatable bonds is 5. The Hall–Kier alpha value is -1.14. The van der Waals surface area contributed by atoms with Gasteiger partial charge in [-0.15, -0.1) is 5.10 Å². The maximum Gasteiger partial charge on any atom is 0.239 e. The van der Waals surface area contributed by atoms with Crippen LogP contribution in [-0.4, -0.2) is 45.8 Å². The van der Waals surface area contributed by atoms with Gasteiger partial charge in [0.05, 0.1) is 6.54 Å². The van der Waals surface area contributed by atoms with Gasteiger partial charge in [-0.25, -0.2) is 0 Å². The lowest BCUT2D eigenvalue weighted by molar-refractivity contribution is 0.255. The van der Waals surface area contributed by atoms with Crippen molar-refractivity contribution in [3.05, 3.63) is 5.82 Å². The normalized spacial score (nSPS) is 19.6. The largest absolute Gasteiger partial charge is 0.367 e. The molecule has 0 bridgehead atoms. The minimum Gasteiger partial charge on any atom is -0.367 e. The zero-order valence-electron chi connectivity index (χ0n) is 11.2. The standard InChI is InChI=1S/C12H24N6/c1-10(9-18-6-4-2-3-5-7-18)14-8-11-15-12(13)17-16-11/h10,14H,2-9H2,1H3,(H3,13,15,16,17). The van der Waals surface area contributed by atoms with Gasteiger partial charge in [0, 0.05) is 12.6 Å². The van der Waals surface area contributed by atoms with Crippen LogP contribution in [0.4, 0.5) is 5.95 Å². The fourth-order valence-electron chi connectivity index (χ4n) is 2.43. The first kappa shape index (κ1) is 13.3. The van der Waals surface area contributed by atoms with Crippen molar-refractivity contribution >= 4 is 5.95 Å². The van der Waals surface area contributed by atoms with Crippen LogP contribution < -0.4 is 11.1 Å². The minimum atomic E-state index is 0.312. The molecule has 6 nitrogen and oxygen atoms in total. The molecule has 0 saturated carbocycles. The zero-order valence-corrected chi connectivity index (χ0v) is 11.2. The summed E-state index contributed by atoms with van der Waals surface area (Å²) < 4.78 is 0. The second-order valence-corrected chi connectivity index (χ2v) is 5.14. The fourth-order valence-corrected chi connectivity index (χ4v) is 2.43. The van der Waals surface area contributed by atoms with Gasteiger partial charge in [-0.05, 0) is 32.9 Å². The maximum atomic E-state index is 5.46. The Morgan fingerprint density at radius 1 is 1.33 bits per heavy atom. The van der Waals surface area contributed by atoms with E-state index in [0.717, 1.165) is 12.4 Å². The number of nitrogens with two attached hydrogens (primary N) is 1. The SMILES string of the molecule is CC(CN1CCCCCC1)NCc1nc(N)n[nH]1. The van der Waals surface area contributed by atoms with E-state index in [4.69, 9.17) is 5.73 Å². The molecule has 6 heteroatoms. The van der Waals surface area contributed by atoms with Crippen molar-refractivity contribution in [2.75, 3.05) is 25.4 Å². The molecule has 102 valence electrons. The number of nitrogen functional groups attached to an aromatic ring is 1. The Kier molecular flexibility index (Phi) is 4.95. The van der Waals surface area contributed by atoms with Crippen molar-refractivity contribution in [2.24, 2.45) is 0 Å². The topological polar surface area (TPSA) is 82.9 Å². The lowest BCUT2D eigenvalue weighted by atomic mass is 10.2. The van der Waals surface area contributed by atoms with Crippen LogP contribution in [0.5, 0.6) is 0 Å². The van der Waals surface area contributed by atoms with Crippen LogP contribution in [0, 0.1) is 0 Å². The molecule has 1 saturated heterocycles. The van der Waals surface area contributed by atoms with Crippen LogP contribution in [0.1, 0.15) is 38.4 Å². The quantitative estimate of drug-likeness (QED) is 0.720. The number of hydrogen-bond acceptors (Lipinski definition) is 5. The highest BCUT2D eigenvalue weighted by molar-refractivity contribution is 5.12. The van der Waals surface area contributed by atoms with Crippen molar-refractivity contribution in [3.8, 4) is 0 Å².